The highest BCUT2D eigenvalue weighted by atomic mass is 16.6. The van der Waals surface area contributed by atoms with Crippen molar-refractivity contribution < 1.29 is 19.1 Å². The molecule has 2 bridgehead atoms. The highest BCUT2D eigenvalue weighted by molar-refractivity contribution is 5.77. The molecule has 0 aromatic rings. The van der Waals surface area contributed by atoms with Crippen molar-refractivity contribution >= 4 is 11.9 Å². The zero-order valence-corrected chi connectivity index (χ0v) is 12.6. The second kappa shape index (κ2) is 4.74. The maximum Gasteiger partial charge on any atom is 0.311 e. The molecule has 3 aliphatic carbocycles. The van der Waals surface area contributed by atoms with E-state index in [2.05, 4.69) is 0 Å². The van der Waals surface area contributed by atoms with Crippen molar-refractivity contribution in [2.24, 2.45) is 29.1 Å². The predicted molar refractivity (Wildman–Crippen MR) is 72.7 cm³/mol. The van der Waals surface area contributed by atoms with E-state index in [4.69, 9.17) is 9.47 Å². The summed E-state index contributed by atoms with van der Waals surface area (Å²) in [6.45, 7) is 6.41. The quantitative estimate of drug-likeness (QED) is 0.746. The predicted octanol–water partition coefficient (Wildman–Crippen LogP) is 2.55. The molecule has 0 radical (unpaired) electrons. The summed E-state index contributed by atoms with van der Waals surface area (Å²) in [5.74, 6) is 0.816. The second-order valence-corrected chi connectivity index (χ2v) is 7.24. The van der Waals surface area contributed by atoms with Crippen molar-refractivity contribution in [3.05, 3.63) is 0 Å². The Hall–Kier alpha value is -1.06. The van der Waals surface area contributed by atoms with Gasteiger partial charge < -0.3 is 9.47 Å². The van der Waals surface area contributed by atoms with Crippen molar-refractivity contribution in [3.8, 4) is 0 Å². The van der Waals surface area contributed by atoms with Crippen molar-refractivity contribution in [2.45, 2.75) is 52.6 Å². The van der Waals surface area contributed by atoms with E-state index >= 15 is 0 Å². The first-order valence-corrected chi connectivity index (χ1v) is 7.81. The normalized spacial score (nSPS) is 39.4. The van der Waals surface area contributed by atoms with Gasteiger partial charge in [-0.1, -0.05) is 6.92 Å². The third-order valence-corrected chi connectivity index (χ3v) is 5.80. The van der Waals surface area contributed by atoms with E-state index < -0.39 is 5.41 Å². The maximum absolute atomic E-state index is 12.3. The first-order valence-electron chi connectivity index (χ1n) is 7.81. The number of fused-ring (bicyclic) bond motifs is 2. The fourth-order valence-electron chi connectivity index (χ4n) is 4.03. The van der Waals surface area contributed by atoms with Gasteiger partial charge in [-0.3, -0.25) is 9.59 Å². The van der Waals surface area contributed by atoms with E-state index in [0.29, 0.717) is 18.4 Å². The van der Waals surface area contributed by atoms with Gasteiger partial charge in [0.25, 0.3) is 0 Å². The SMILES string of the molecule is CCC(C)(C)C(=O)OC1CC2CCC1C1C(=O)OCC21. The molecule has 4 heteroatoms. The van der Waals surface area contributed by atoms with Crippen molar-refractivity contribution in [1.82, 2.24) is 0 Å². The fraction of sp³-hybridized carbons (Fsp3) is 0.875. The van der Waals surface area contributed by atoms with Gasteiger partial charge in [0, 0.05) is 11.8 Å². The monoisotopic (exact) mass is 280 g/mol. The van der Waals surface area contributed by atoms with Crippen LogP contribution in [0.4, 0.5) is 0 Å². The van der Waals surface area contributed by atoms with E-state index in [0.717, 1.165) is 25.7 Å². The lowest BCUT2D eigenvalue weighted by Gasteiger charge is -2.47. The maximum atomic E-state index is 12.3. The Morgan fingerprint density at radius 3 is 2.80 bits per heavy atom. The van der Waals surface area contributed by atoms with Gasteiger partial charge in [-0.05, 0) is 45.4 Å². The zero-order chi connectivity index (χ0) is 14.5. The third-order valence-electron chi connectivity index (χ3n) is 5.80. The number of carbonyl (C=O) groups excluding carboxylic acids is 2. The lowest BCUT2D eigenvalue weighted by atomic mass is 9.58. The van der Waals surface area contributed by atoms with Crippen LogP contribution in [0.25, 0.3) is 0 Å². The number of hydrogen-bond donors (Lipinski definition) is 0. The van der Waals surface area contributed by atoms with E-state index in [1.807, 2.05) is 20.8 Å². The molecule has 5 unspecified atom stereocenters. The number of esters is 2. The molecule has 3 saturated carbocycles. The minimum atomic E-state index is -0.438. The number of cyclic esters (lactones) is 1. The summed E-state index contributed by atoms with van der Waals surface area (Å²) in [4.78, 5) is 24.2. The molecule has 5 atom stereocenters. The van der Waals surface area contributed by atoms with E-state index in [1.54, 1.807) is 0 Å². The summed E-state index contributed by atoms with van der Waals surface area (Å²) in [6, 6.07) is 0. The number of rotatable bonds is 3. The van der Waals surface area contributed by atoms with Crippen LogP contribution in [0.5, 0.6) is 0 Å². The molecule has 0 amide bonds. The second-order valence-electron chi connectivity index (χ2n) is 7.24. The van der Waals surface area contributed by atoms with Gasteiger partial charge in [0.1, 0.15) is 6.10 Å². The van der Waals surface area contributed by atoms with Crippen LogP contribution in [-0.4, -0.2) is 24.6 Å². The van der Waals surface area contributed by atoms with Gasteiger partial charge in [-0.25, -0.2) is 0 Å². The van der Waals surface area contributed by atoms with Gasteiger partial charge >= 0.3 is 11.9 Å². The lowest BCUT2D eigenvalue weighted by molar-refractivity contribution is -0.175. The molecule has 1 saturated heterocycles. The highest BCUT2D eigenvalue weighted by Crippen LogP contribution is 2.53. The zero-order valence-electron chi connectivity index (χ0n) is 12.6. The molecular weight excluding hydrogens is 256 g/mol. The van der Waals surface area contributed by atoms with Gasteiger partial charge in [-0.15, -0.1) is 0 Å². The van der Waals surface area contributed by atoms with Crippen LogP contribution in [0.15, 0.2) is 0 Å². The van der Waals surface area contributed by atoms with Gasteiger partial charge in [-0.2, -0.15) is 0 Å². The molecule has 20 heavy (non-hydrogen) atoms. The van der Waals surface area contributed by atoms with E-state index in [-0.39, 0.29) is 29.9 Å². The standard InChI is InChI=1S/C16H24O4/c1-4-16(2,3)15(18)20-12-7-9-5-6-10(12)13-11(9)8-19-14(13)17/h9-13H,4-8H2,1-3H3. The number of carbonyl (C=O) groups is 2. The summed E-state index contributed by atoms with van der Waals surface area (Å²) in [7, 11) is 0. The molecule has 4 fully saturated rings. The fourth-order valence-corrected chi connectivity index (χ4v) is 4.03. The Kier molecular flexibility index (Phi) is 3.30. The molecule has 0 spiro atoms. The molecular formula is C16H24O4. The Balaban J connectivity index is 1.73. The Bertz CT molecular complexity index is 428. The smallest absolute Gasteiger partial charge is 0.311 e. The number of ether oxygens (including phenoxy) is 2. The third kappa shape index (κ3) is 2.04. The average Bonchev–Trinajstić information content (AvgIpc) is 2.84. The summed E-state index contributed by atoms with van der Waals surface area (Å²) < 4.78 is 11.0. The minimum Gasteiger partial charge on any atom is -0.465 e. The molecule has 4 nitrogen and oxygen atoms in total. The lowest BCUT2D eigenvalue weighted by Crippen LogP contribution is -2.50. The average molecular weight is 280 g/mol. The molecule has 0 aromatic heterocycles. The molecule has 0 N–H and O–H groups in total. The molecule has 1 aliphatic heterocycles. The van der Waals surface area contributed by atoms with Crippen molar-refractivity contribution in [2.75, 3.05) is 6.61 Å². The van der Waals surface area contributed by atoms with Crippen LogP contribution >= 0.6 is 0 Å². The molecule has 1 heterocycles. The first kappa shape index (κ1) is 13.9. The van der Waals surface area contributed by atoms with Gasteiger partial charge in [0.05, 0.1) is 17.9 Å². The largest absolute Gasteiger partial charge is 0.465 e. The Labute approximate surface area is 120 Å². The van der Waals surface area contributed by atoms with E-state index in [1.165, 1.54) is 0 Å². The van der Waals surface area contributed by atoms with Crippen molar-refractivity contribution in [3.63, 3.8) is 0 Å². The van der Waals surface area contributed by atoms with Crippen LogP contribution in [0, 0.1) is 29.1 Å². The first-order chi connectivity index (χ1) is 9.44. The molecule has 0 aromatic carbocycles. The molecule has 112 valence electrons. The van der Waals surface area contributed by atoms with Crippen LogP contribution in [0.3, 0.4) is 0 Å². The summed E-state index contributed by atoms with van der Waals surface area (Å²) in [5, 5.41) is 0. The van der Waals surface area contributed by atoms with Crippen molar-refractivity contribution in [1.29, 1.82) is 0 Å². The molecule has 4 rings (SSSR count). The van der Waals surface area contributed by atoms with Crippen LogP contribution < -0.4 is 0 Å². The van der Waals surface area contributed by atoms with Crippen LogP contribution in [0.1, 0.15) is 46.5 Å². The number of hydrogen-bond acceptors (Lipinski definition) is 4. The highest BCUT2D eigenvalue weighted by Gasteiger charge is 2.56. The summed E-state index contributed by atoms with van der Waals surface area (Å²) in [5.41, 5.74) is -0.438. The van der Waals surface area contributed by atoms with Gasteiger partial charge in [0.15, 0.2) is 0 Å². The van der Waals surface area contributed by atoms with E-state index in [9.17, 15) is 9.59 Å². The topological polar surface area (TPSA) is 52.6 Å². The van der Waals surface area contributed by atoms with Crippen LogP contribution in [-0.2, 0) is 19.1 Å². The van der Waals surface area contributed by atoms with Gasteiger partial charge in [0.2, 0.25) is 0 Å². The molecule has 4 aliphatic rings. The summed E-state index contributed by atoms with van der Waals surface area (Å²) in [6.07, 6.45) is 3.73. The Morgan fingerprint density at radius 2 is 2.10 bits per heavy atom. The summed E-state index contributed by atoms with van der Waals surface area (Å²) >= 11 is 0. The minimum absolute atomic E-state index is 0.0231. The Morgan fingerprint density at radius 1 is 1.35 bits per heavy atom. The van der Waals surface area contributed by atoms with Crippen LogP contribution in [0.2, 0.25) is 0 Å².